The number of fused-ring (bicyclic) bond motifs is 1. The number of carbonyl (C=O) groups excluding carboxylic acids is 1. The van der Waals surface area contributed by atoms with Gasteiger partial charge in [-0.3, -0.25) is 15.1 Å². The Morgan fingerprint density at radius 1 is 1.48 bits per heavy atom. The van der Waals surface area contributed by atoms with Gasteiger partial charge in [-0.05, 0) is 65.6 Å². The molecule has 1 aliphatic carbocycles. The molecule has 1 saturated heterocycles. The molecule has 0 spiro atoms. The van der Waals surface area contributed by atoms with Crippen molar-refractivity contribution in [2.45, 2.75) is 63.5 Å². The lowest BCUT2D eigenvalue weighted by molar-refractivity contribution is -0.125. The molecule has 4 N–H and O–H groups in total. The fraction of sp³-hybridized carbons (Fsp3) is 0.500. The number of aromatic nitrogens is 1. The maximum atomic E-state index is 13.4. The minimum Gasteiger partial charge on any atom is -0.473 e. The summed E-state index contributed by atoms with van der Waals surface area (Å²) >= 11 is 1.38. The molecule has 1 aliphatic heterocycles. The average Bonchev–Trinajstić information content (AvgIpc) is 3.36. The van der Waals surface area contributed by atoms with E-state index < -0.39 is 5.41 Å². The first-order chi connectivity index (χ1) is 15.7. The maximum absolute atomic E-state index is 13.4. The van der Waals surface area contributed by atoms with Crippen molar-refractivity contribution in [3.63, 3.8) is 0 Å². The van der Waals surface area contributed by atoms with Gasteiger partial charge < -0.3 is 15.8 Å². The number of nitriles is 1. The topological polar surface area (TPSA) is 128 Å². The van der Waals surface area contributed by atoms with Crippen molar-refractivity contribution in [1.29, 1.82) is 10.7 Å². The molecule has 0 bridgehead atoms. The van der Waals surface area contributed by atoms with E-state index in [2.05, 4.69) is 28.3 Å². The van der Waals surface area contributed by atoms with Crippen LogP contribution in [0.25, 0.3) is 0 Å². The van der Waals surface area contributed by atoms with Crippen molar-refractivity contribution in [2.24, 2.45) is 0 Å². The smallest absolute Gasteiger partial charge is 0.236 e. The number of hydrogen-bond donors (Lipinski definition) is 3. The van der Waals surface area contributed by atoms with Gasteiger partial charge in [-0.15, -0.1) is 11.3 Å². The molecule has 4 rings (SSSR count). The van der Waals surface area contributed by atoms with E-state index in [0.29, 0.717) is 40.2 Å². The lowest BCUT2D eigenvalue weighted by atomic mass is 9.72. The van der Waals surface area contributed by atoms with Crippen LogP contribution in [0.4, 0.5) is 5.00 Å². The molecule has 2 aliphatic rings. The molecule has 0 saturated carbocycles. The summed E-state index contributed by atoms with van der Waals surface area (Å²) in [6.07, 6.45) is 4.43. The highest BCUT2D eigenvalue weighted by Gasteiger charge is 2.43. The molecule has 9 heteroatoms. The number of nitrogens with zero attached hydrogens (tertiary/aromatic N) is 3. The lowest BCUT2D eigenvalue weighted by Gasteiger charge is -2.33. The number of amidine groups is 1. The van der Waals surface area contributed by atoms with Crippen molar-refractivity contribution < 1.29 is 9.53 Å². The molecular formula is C24H30N6O2S. The van der Waals surface area contributed by atoms with Crippen LogP contribution in [0.5, 0.6) is 5.88 Å². The number of ether oxygens (including phenoxy) is 1. The molecule has 0 aromatic carbocycles. The molecule has 3 heterocycles. The van der Waals surface area contributed by atoms with Gasteiger partial charge in [0.25, 0.3) is 0 Å². The highest BCUT2D eigenvalue weighted by atomic mass is 32.1. The van der Waals surface area contributed by atoms with Gasteiger partial charge in [0.15, 0.2) is 5.84 Å². The third kappa shape index (κ3) is 4.33. The monoisotopic (exact) mass is 466 g/mol. The van der Waals surface area contributed by atoms with Gasteiger partial charge in [0, 0.05) is 22.5 Å². The second-order valence-corrected chi connectivity index (χ2v) is 10.3. The van der Waals surface area contributed by atoms with E-state index in [9.17, 15) is 10.1 Å². The Morgan fingerprint density at radius 3 is 2.97 bits per heavy atom. The fourth-order valence-corrected chi connectivity index (χ4v) is 6.25. The third-order valence-corrected chi connectivity index (χ3v) is 7.98. The number of nitrogen functional groups attached to an aromatic ring is 1. The standard InChI is InChI=1S/C24H30N6O2S/c1-14(17-8-6-12-30(17)3)32-19-10-4-7-16(28-19)21(26)29-23(31)24(2)11-5-9-18-20(24)15(13-25)22(27)33-18/h4,7,10,14,17H,5-6,8-9,11-12,27H2,1-3H3,(H2,26,29,31)/t14-,17-,24-/m0/s1. The van der Waals surface area contributed by atoms with Gasteiger partial charge in [0.2, 0.25) is 11.8 Å². The van der Waals surface area contributed by atoms with E-state index in [1.165, 1.54) is 11.3 Å². The van der Waals surface area contributed by atoms with Crippen molar-refractivity contribution >= 4 is 28.1 Å². The summed E-state index contributed by atoms with van der Waals surface area (Å²) < 4.78 is 6.07. The van der Waals surface area contributed by atoms with Crippen molar-refractivity contribution in [2.75, 3.05) is 19.3 Å². The Labute approximate surface area is 198 Å². The summed E-state index contributed by atoms with van der Waals surface area (Å²) in [4.78, 5) is 21.1. The molecule has 1 amide bonds. The van der Waals surface area contributed by atoms with Crippen LogP contribution in [0.3, 0.4) is 0 Å². The summed E-state index contributed by atoms with van der Waals surface area (Å²) in [6, 6.07) is 7.73. The molecule has 8 nitrogen and oxygen atoms in total. The molecule has 2 aromatic rings. The Hall–Kier alpha value is -2.96. The SMILES string of the molecule is C[C@H](Oc1cccc(C(=N)NC(=O)[C@@]2(C)CCCc3sc(N)c(C#N)c32)n1)[C@@H]1CCCN1C. The van der Waals surface area contributed by atoms with Crippen LogP contribution in [0.2, 0.25) is 0 Å². The number of hydrogen-bond acceptors (Lipinski definition) is 8. The highest BCUT2D eigenvalue weighted by molar-refractivity contribution is 7.16. The Balaban J connectivity index is 1.50. The maximum Gasteiger partial charge on any atom is 0.236 e. The number of nitrogens with two attached hydrogens (primary N) is 1. The van der Waals surface area contributed by atoms with Gasteiger partial charge in [-0.1, -0.05) is 6.07 Å². The van der Waals surface area contributed by atoms with Crippen LogP contribution in [0.15, 0.2) is 18.2 Å². The summed E-state index contributed by atoms with van der Waals surface area (Å²) in [7, 11) is 2.10. The zero-order valence-corrected chi connectivity index (χ0v) is 20.1. The zero-order chi connectivity index (χ0) is 23.8. The second kappa shape index (κ2) is 9.12. The van der Waals surface area contributed by atoms with Crippen LogP contribution in [0, 0.1) is 16.7 Å². The number of aryl methyl sites for hydroxylation is 1. The number of pyridine rings is 1. The van der Waals surface area contributed by atoms with E-state index in [-0.39, 0.29) is 17.8 Å². The van der Waals surface area contributed by atoms with Gasteiger partial charge in [-0.2, -0.15) is 5.26 Å². The summed E-state index contributed by atoms with van der Waals surface area (Å²) in [5, 5.41) is 21.3. The quantitative estimate of drug-likeness (QED) is 0.459. The number of likely N-dealkylation sites (N-methyl/N-ethyl adjacent to an activating group) is 1. The molecule has 1 fully saturated rings. The predicted molar refractivity (Wildman–Crippen MR) is 129 cm³/mol. The number of rotatable bonds is 5. The van der Waals surface area contributed by atoms with Crippen LogP contribution < -0.4 is 15.8 Å². The predicted octanol–water partition coefficient (Wildman–Crippen LogP) is 3.19. The minimum atomic E-state index is -0.922. The van der Waals surface area contributed by atoms with E-state index in [0.717, 1.165) is 37.1 Å². The van der Waals surface area contributed by atoms with Gasteiger partial charge in [0.1, 0.15) is 22.9 Å². The normalized spacial score (nSPS) is 23.4. The summed E-state index contributed by atoms with van der Waals surface area (Å²) in [6.45, 7) is 4.93. The van der Waals surface area contributed by atoms with Crippen LogP contribution in [0.1, 0.15) is 61.2 Å². The van der Waals surface area contributed by atoms with Crippen LogP contribution >= 0.6 is 11.3 Å². The number of carbonyl (C=O) groups is 1. The lowest BCUT2D eigenvalue weighted by Crippen LogP contribution is -2.47. The first kappa shape index (κ1) is 23.2. The second-order valence-electron chi connectivity index (χ2n) is 9.14. The van der Waals surface area contributed by atoms with Gasteiger partial charge >= 0.3 is 0 Å². The highest BCUT2D eigenvalue weighted by Crippen LogP contribution is 2.45. The van der Waals surface area contributed by atoms with Gasteiger partial charge in [0.05, 0.1) is 11.0 Å². The number of anilines is 1. The minimum absolute atomic E-state index is 0.0305. The Bertz CT molecular complexity index is 1120. The number of thiophene rings is 1. The number of likely N-dealkylation sites (tertiary alicyclic amines) is 1. The molecule has 174 valence electrons. The van der Waals surface area contributed by atoms with Crippen molar-refractivity contribution in [3.05, 3.63) is 39.9 Å². The van der Waals surface area contributed by atoms with E-state index in [4.69, 9.17) is 15.9 Å². The Morgan fingerprint density at radius 2 is 2.27 bits per heavy atom. The largest absolute Gasteiger partial charge is 0.473 e. The molecule has 3 atom stereocenters. The van der Waals surface area contributed by atoms with Crippen molar-refractivity contribution in [3.8, 4) is 11.9 Å². The zero-order valence-electron chi connectivity index (χ0n) is 19.3. The average molecular weight is 467 g/mol. The molecule has 0 radical (unpaired) electrons. The third-order valence-electron chi connectivity index (χ3n) is 6.90. The number of nitrogens with one attached hydrogen (secondary N) is 2. The Kier molecular flexibility index (Phi) is 6.41. The van der Waals surface area contributed by atoms with Crippen molar-refractivity contribution in [1.82, 2.24) is 15.2 Å². The number of amides is 1. The first-order valence-corrected chi connectivity index (χ1v) is 12.1. The molecule has 0 unspecified atom stereocenters. The summed E-state index contributed by atoms with van der Waals surface area (Å²) in [5.41, 5.74) is 6.56. The molecule has 33 heavy (non-hydrogen) atoms. The van der Waals surface area contributed by atoms with Crippen LogP contribution in [-0.4, -0.2) is 47.4 Å². The first-order valence-electron chi connectivity index (χ1n) is 11.3. The van der Waals surface area contributed by atoms with Crippen LogP contribution in [-0.2, 0) is 16.6 Å². The molecular weight excluding hydrogens is 436 g/mol. The van der Waals surface area contributed by atoms with E-state index >= 15 is 0 Å². The van der Waals surface area contributed by atoms with Gasteiger partial charge in [-0.25, -0.2) is 4.98 Å². The van der Waals surface area contributed by atoms with E-state index in [1.807, 2.05) is 13.8 Å². The molecule has 2 aromatic heterocycles. The van der Waals surface area contributed by atoms with E-state index in [1.54, 1.807) is 18.2 Å². The fourth-order valence-electron chi connectivity index (χ4n) is 5.06. The summed E-state index contributed by atoms with van der Waals surface area (Å²) in [5.74, 6) is 0.0193.